The molecule has 1 saturated heterocycles. The number of nitrogens with zero attached hydrogens (tertiary/aromatic N) is 4. The standard InChI is InChI=1S/C28H23N5O2/c29-14-23-13-26(32-28(35)21-7-4-10-30-15-21)31-16-20(23)8-9-27(34)33-17-24-11-22(12-25(24)18-33)19-5-2-1-3-6-19/h1-11,13,15-16,24-25H,12,17-18H2,(H,31,32,35)/b9-8+. The van der Waals surface area contributed by atoms with E-state index in [2.05, 4.69) is 51.7 Å². The molecule has 1 aromatic carbocycles. The first-order valence-corrected chi connectivity index (χ1v) is 11.5. The van der Waals surface area contributed by atoms with Crippen LogP contribution < -0.4 is 5.32 Å². The minimum Gasteiger partial charge on any atom is -0.338 e. The lowest BCUT2D eigenvalue weighted by Crippen LogP contribution is -2.27. The summed E-state index contributed by atoms with van der Waals surface area (Å²) in [6.45, 7) is 1.43. The maximum atomic E-state index is 12.8. The summed E-state index contributed by atoms with van der Waals surface area (Å²) in [6.07, 6.45) is 10.9. The Balaban J connectivity index is 1.22. The van der Waals surface area contributed by atoms with Gasteiger partial charge in [0.15, 0.2) is 0 Å². The van der Waals surface area contributed by atoms with Gasteiger partial charge in [0.1, 0.15) is 5.82 Å². The number of likely N-dealkylation sites (tertiary alicyclic amines) is 1. The van der Waals surface area contributed by atoms with Crippen LogP contribution >= 0.6 is 0 Å². The Morgan fingerprint density at radius 1 is 1.11 bits per heavy atom. The zero-order chi connectivity index (χ0) is 24.2. The second-order valence-corrected chi connectivity index (χ2v) is 8.73. The number of nitrogens with one attached hydrogen (secondary N) is 1. The first-order valence-electron chi connectivity index (χ1n) is 11.5. The van der Waals surface area contributed by atoms with E-state index in [-0.39, 0.29) is 17.6 Å². The summed E-state index contributed by atoms with van der Waals surface area (Å²) in [7, 11) is 0. The molecular weight excluding hydrogens is 438 g/mol. The quantitative estimate of drug-likeness (QED) is 0.575. The van der Waals surface area contributed by atoms with E-state index >= 15 is 0 Å². The third-order valence-electron chi connectivity index (χ3n) is 6.47. The minimum absolute atomic E-state index is 0.0769. The molecule has 1 fully saturated rings. The fourth-order valence-electron chi connectivity index (χ4n) is 4.67. The molecule has 0 radical (unpaired) electrons. The average Bonchev–Trinajstić information content (AvgIpc) is 3.48. The molecule has 172 valence electrons. The van der Waals surface area contributed by atoms with Gasteiger partial charge in [-0.3, -0.25) is 14.6 Å². The normalized spacial score (nSPS) is 18.7. The Morgan fingerprint density at radius 2 is 1.97 bits per heavy atom. The molecule has 7 nitrogen and oxygen atoms in total. The van der Waals surface area contributed by atoms with Crippen molar-refractivity contribution in [1.82, 2.24) is 14.9 Å². The van der Waals surface area contributed by atoms with Crippen molar-refractivity contribution in [2.45, 2.75) is 6.42 Å². The molecule has 2 atom stereocenters. The number of allylic oxidation sites excluding steroid dienone is 1. The van der Waals surface area contributed by atoms with Crippen molar-refractivity contribution in [2.75, 3.05) is 18.4 Å². The van der Waals surface area contributed by atoms with E-state index in [1.165, 1.54) is 35.7 Å². The number of pyridine rings is 2. The number of fused-ring (bicyclic) bond motifs is 1. The van der Waals surface area contributed by atoms with Crippen LogP contribution in [0.5, 0.6) is 0 Å². The Labute approximate surface area is 203 Å². The van der Waals surface area contributed by atoms with Crippen molar-refractivity contribution < 1.29 is 9.59 Å². The van der Waals surface area contributed by atoms with Gasteiger partial charge in [0.25, 0.3) is 5.91 Å². The average molecular weight is 462 g/mol. The highest BCUT2D eigenvalue weighted by Gasteiger charge is 2.37. The lowest BCUT2D eigenvalue weighted by molar-refractivity contribution is -0.125. The van der Waals surface area contributed by atoms with Crippen LogP contribution in [0.15, 0.2) is 79.3 Å². The van der Waals surface area contributed by atoms with Gasteiger partial charge in [-0.1, -0.05) is 36.4 Å². The molecule has 7 heteroatoms. The van der Waals surface area contributed by atoms with Crippen LogP contribution in [0.25, 0.3) is 11.6 Å². The number of carbonyl (C=O) groups is 2. The largest absolute Gasteiger partial charge is 0.338 e. The van der Waals surface area contributed by atoms with E-state index in [9.17, 15) is 14.9 Å². The first-order chi connectivity index (χ1) is 17.1. The summed E-state index contributed by atoms with van der Waals surface area (Å²) >= 11 is 0. The second-order valence-electron chi connectivity index (χ2n) is 8.73. The van der Waals surface area contributed by atoms with Gasteiger partial charge in [-0.25, -0.2) is 4.98 Å². The SMILES string of the molecule is N#Cc1cc(NC(=O)c2cccnc2)ncc1/C=C/C(=O)N1CC2C=C(c3ccccc3)CC2C1. The Bertz CT molecular complexity index is 1360. The van der Waals surface area contributed by atoms with Gasteiger partial charge >= 0.3 is 0 Å². The number of aromatic nitrogens is 2. The highest BCUT2D eigenvalue weighted by atomic mass is 16.2. The summed E-state index contributed by atoms with van der Waals surface area (Å²) in [5, 5.41) is 12.2. The van der Waals surface area contributed by atoms with Crippen LogP contribution in [0, 0.1) is 23.2 Å². The third kappa shape index (κ3) is 4.87. The van der Waals surface area contributed by atoms with Crippen LogP contribution in [0.2, 0.25) is 0 Å². The highest BCUT2D eigenvalue weighted by Crippen LogP contribution is 2.40. The molecule has 35 heavy (non-hydrogen) atoms. The molecule has 1 aliphatic carbocycles. The number of benzene rings is 1. The predicted molar refractivity (Wildman–Crippen MR) is 133 cm³/mol. The summed E-state index contributed by atoms with van der Waals surface area (Å²) in [6, 6.07) is 17.3. The topological polar surface area (TPSA) is 99.0 Å². The summed E-state index contributed by atoms with van der Waals surface area (Å²) in [5.74, 6) is 0.638. The molecule has 3 heterocycles. The van der Waals surface area contributed by atoms with Crippen molar-refractivity contribution in [2.24, 2.45) is 11.8 Å². The van der Waals surface area contributed by atoms with Crippen LogP contribution in [0.3, 0.4) is 0 Å². The van der Waals surface area contributed by atoms with Gasteiger partial charge < -0.3 is 10.2 Å². The van der Waals surface area contributed by atoms with E-state index < -0.39 is 0 Å². The molecule has 0 saturated carbocycles. The molecule has 3 aromatic rings. The number of amides is 2. The lowest BCUT2D eigenvalue weighted by Gasteiger charge is -2.15. The van der Waals surface area contributed by atoms with Crippen molar-refractivity contribution in [1.29, 1.82) is 5.26 Å². The van der Waals surface area contributed by atoms with E-state index in [0.717, 1.165) is 13.0 Å². The molecule has 2 aliphatic rings. The fraction of sp³-hybridized carbons (Fsp3) is 0.179. The molecule has 0 spiro atoms. The predicted octanol–water partition coefficient (Wildman–Crippen LogP) is 4.18. The van der Waals surface area contributed by atoms with E-state index in [1.54, 1.807) is 24.4 Å². The van der Waals surface area contributed by atoms with Crippen molar-refractivity contribution in [3.8, 4) is 6.07 Å². The van der Waals surface area contributed by atoms with E-state index in [1.807, 2.05) is 11.0 Å². The maximum absolute atomic E-state index is 12.8. The van der Waals surface area contributed by atoms with Crippen LogP contribution in [-0.4, -0.2) is 39.8 Å². The van der Waals surface area contributed by atoms with Crippen molar-refractivity contribution in [3.63, 3.8) is 0 Å². The number of nitriles is 1. The van der Waals surface area contributed by atoms with Gasteiger partial charge in [0, 0.05) is 43.3 Å². The number of hydrogen-bond acceptors (Lipinski definition) is 5. The monoisotopic (exact) mass is 461 g/mol. The minimum atomic E-state index is -0.364. The van der Waals surface area contributed by atoms with Gasteiger partial charge in [-0.15, -0.1) is 0 Å². The lowest BCUT2D eigenvalue weighted by atomic mass is 9.98. The molecule has 1 N–H and O–H groups in total. The van der Waals surface area contributed by atoms with Crippen LogP contribution in [-0.2, 0) is 4.79 Å². The Hall–Kier alpha value is -4.57. The number of carbonyl (C=O) groups excluding carboxylic acids is 2. The van der Waals surface area contributed by atoms with Gasteiger partial charge in [-0.05, 0) is 53.7 Å². The molecular formula is C28H23N5O2. The van der Waals surface area contributed by atoms with Gasteiger partial charge in [0.05, 0.1) is 17.2 Å². The van der Waals surface area contributed by atoms with Crippen molar-refractivity contribution in [3.05, 3.63) is 102 Å². The fourth-order valence-corrected chi connectivity index (χ4v) is 4.67. The second kappa shape index (κ2) is 9.74. The van der Waals surface area contributed by atoms with Gasteiger partial charge in [-0.2, -0.15) is 5.26 Å². The third-order valence-corrected chi connectivity index (χ3v) is 6.47. The molecule has 5 rings (SSSR count). The number of rotatable bonds is 5. The number of hydrogen-bond donors (Lipinski definition) is 1. The van der Waals surface area contributed by atoms with Crippen LogP contribution in [0.1, 0.15) is 33.5 Å². The summed E-state index contributed by atoms with van der Waals surface area (Å²) < 4.78 is 0. The number of anilines is 1. The first kappa shape index (κ1) is 22.2. The highest BCUT2D eigenvalue weighted by molar-refractivity contribution is 6.03. The molecule has 1 aliphatic heterocycles. The summed E-state index contributed by atoms with van der Waals surface area (Å²) in [5.41, 5.74) is 3.86. The van der Waals surface area contributed by atoms with E-state index in [4.69, 9.17) is 0 Å². The maximum Gasteiger partial charge on any atom is 0.258 e. The van der Waals surface area contributed by atoms with E-state index in [0.29, 0.717) is 35.1 Å². The zero-order valence-corrected chi connectivity index (χ0v) is 19.0. The Morgan fingerprint density at radius 3 is 2.71 bits per heavy atom. The van der Waals surface area contributed by atoms with Gasteiger partial charge in [0.2, 0.25) is 5.91 Å². The molecule has 2 amide bonds. The molecule has 2 aromatic heterocycles. The Kier molecular flexibility index (Phi) is 6.18. The van der Waals surface area contributed by atoms with Crippen molar-refractivity contribution >= 4 is 29.3 Å². The summed E-state index contributed by atoms with van der Waals surface area (Å²) in [4.78, 5) is 35.1. The zero-order valence-electron chi connectivity index (χ0n) is 19.0. The smallest absolute Gasteiger partial charge is 0.258 e. The molecule has 0 bridgehead atoms. The van der Waals surface area contributed by atoms with Crippen LogP contribution in [0.4, 0.5) is 5.82 Å². The molecule has 2 unspecified atom stereocenters.